The zero-order chi connectivity index (χ0) is 14.0. The molecule has 0 radical (unpaired) electrons. The standard InChI is InChI=1S/C13H14IN3O2/c1-3-19-13(18)11-10(14)12(15)17(16-11)9-6-4-8(2)5-7-9/h4-7H,3,15H2,1-2H3. The second kappa shape index (κ2) is 5.60. The number of anilines is 1. The Hall–Kier alpha value is -1.57. The first-order valence-corrected chi connectivity index (χ1v) is 6.90. The fraction of sp³-hybridized carbons (Fsp3) is 0.231. The van der Waals surface area contributed by atoms with Gasteiger partial charge in [-0.1, -0.05) is 17.7 Å². The number of carbonyl (C=O) groups excluding carboxylic acids is 1. The smallest absolute Gasteiger partial charge is 0.360 e. The Morgan fingerprint density at radius 2 is 2.05 bits per heavy atom. The number of hydrogen-bond acceptors (Lipinski definition) is 4. The van der Waals surface area contributed by atoms with Crippen LogP contribution in [0.25, 0.3) is 5.69 Å². The summed E-state index contributed by atoms with van der Waals surface area (Å²) < 4.78 is 7.11. The summed E-state index contributed by atoms with van der Waals surface area (Å²) >= 11 is 2.00. The summed E-state index contributed by atoms with van der Waals surface area (Å²) in [5, 5.41) is 4.24. The van der Waals surface area contributed by atoms with Crippen molar-refractivity contribution in [1.82, 2.24) is 9.78 Å². The lowest BCUT2D eigenvalue weighted by Crippen LogP contribution is -2.07. The number of aromatic nitrogens is 2. The number of carbonyl (C=O) groups is 1. The predicted molar refractivity (Wildman–Crippen MR) is 81.4 cm³/mol. The monoisotopic (exact) mass is 371 g/mol. The molecule has 6 heteroatoms. The third-order valence-electron chi connectivity index (χ3n) is 2.61. The van der Waals surface area contributed by atoms with Gasteiger partial charge < -0.3 is 10.5 Å². The SMILES string of the molecule is CCOC(=O)c1nn(-c2ccc(C)cc2)c(N)c1I. The molecule has 1 aromatic carbocycles. The Balaban J connectivity index is 2.45. The van der Waals surface area contributed by atoms with E-state index in [0.29, 0.717) is 16.0 Å². The van der Waals surface area contributed by atoms with E-state index in [4.69, 9.17) is 10.5 Å². The largest absolute Gasteiger partial charge is 0.461 e. The molecule has 0 saturated carbocycles. The number of aryl methyl sites for hydroxylation is 1. The highest BCUT2D eigenvalue weighted by Crippen LogP contribution is 2.23. The fourth-order valence-electron chi connectivity index (χ4n) is 1.62. The molecule has 5 nitrogen and oxygen atoms in total. The Morgan fingerprint density at radius 1 is 1.42 bits per heavy atom. The molecular formula is C13H14IN3O2. The molecule has 0 aliphatic carbocycles. The molecule has 2 N–H and O–H groups in total. The van der Waals surface area contributed by atoms with Crippen LogP contribution in [0.2, 0.25) is 0 Å². The number of nitrogen functional groups attached to an aromatic ring is 1. The highest BCUT2D eigenvalue weighted by atomic mass is 127. The van der Waals surface area contributed by atoms with Crippen LogP contribution in [-0.2, 0) is 4.74 Å². The average molecular weight is 371 g/mol. The van der Waals surface area contributed by atoms with Crippen LogP contribution in [-0.4, -0.2) is 22.4 Å². The lowest BCUT2D eigenvalue weighted by molar-refractivity contribution is 0.0517. The predicted octanol–water partition coefficient (Wildman–Crippen LogP) is 2.54. The lowest BCUT2D eigenvalue weighted by atomic mass is 10.2. The van der Waals surface area contributed by atoms with Gasteiger partial charge in [-0.15, -0.1) is 0 Å². The Kier molecular flexibility index (Phi) is 4.08. The van der Waals surface area contributed by atoms with E-state index in [1.54, 1.807) is 11.6 Å². The van der Waals surface area contributed by atoms with Crippen molar-refractivity contribution < 1.29 is 9.53 Å². The van der Waals surface area contributed by atoms with E-state index in [0.717, 1.165) is 11.3 Å². The summed E-state index contributed by atoms with van der Waals surface area (Å²) in [6.45, 7) is 4.07. The zero-order valence-corrected chi connectivity index (χ0v) is 12.8. The van der Waals surface area contributed by atoms with E-state index in [-0.39, 0.29) is 5.69 Å². The van der Waals surface area contributed by atoms with Crippen LogP contribution in [0.15, 0.2) is 24.3 Å². The van der Waals surface area contributed by atoms with Crippen LogP contribution in [0.4, 0.5) is 5.82 Å². The van der Waals surface area contributed by atoms with Gasteiger partial charge in [0.1, 0.15) is 5.82 Å². The van der Waals surface area contributed by atoms with Crippen LogP contribution >= 0.6 is 22.6 Å². The first-order valence-electron chi connectivity index (χ1n) is 5.82. The number of rotatable bonds is 3. The molecule has 0 aliphatic heterocycles. The number of esters is 1. The molecule has 0 bridgehead atoms. The number of nitrogens with zero attached hydrogens (tertiary/aromatic N) is 2. The molecule has 19 heavy (non-hydrogen) atoms. The van der Waals surface area contributed by atoms with E-state index in [1.807, 2.05) is 53.8 Å². The van der Waals surface area contributed by atoms with Gasteiger partial charge in [0, 0.05) is 0 Å². The summed E-state index contributed by atoms with van der Waals surface area (Å²) in [6, 6.07) is 7.74. The van der Waals surface area contributed by atoms with Gasteiger partial charge in [0.05, 0.1) is 15.9 Å². The molecular weight excluding hydrogens is 357 g/mol. The maximum absolute atomic E-state index is 11.8. The van der Waals surface area contributed by atoms with E-state index >= 15 is 0 Å². The molecule has 0 amide bonds. The van der Waals surface area contributed by atoms with Gasteiger partial charge >= 0.3 is 5.97 Å². The Morgan fingerprint density at radius 3 is 2.63 bits per heavy atom. The Labute approximate surface area is 124 Å². The molecule has 0 fully saturated rings. The van der Waals surface area contributed by atoms with Crippen LogP contribution in [0.5, 0.6) is 0 Å². The minimum absolute atomic E-state index is 0.250. The molecule has 1 heterocycles. The minimum Gasteiger partial charge on any atom is -0.461 e. The van der Waals surface area contributed by atoms with E-state index in [9.17, 15) is 4.79 Å². The van der Waals surface area contributed by atoms with E-state index < -0.39 is 5.97 Å². The Bertz CT molecular complexity index is 605. The molecule has 0 unspecified atom stereocenters. The maximum atomic E-state index is 11.8. The second-order valence-corrected chi connectivity index (χ2v) is 5.09. The highest BCUT2D eigenvalue weighted by Gasteiger charge is 2.21. The van der Waals surface area contributed by atoms with E-state index in [1.165, 1.54) is 0 Å². The third kappa shape index (κ3) is 2.73. The number of benzene rings is 1. The van der Waals surface area contributed by atoms with Crippen molar-refractivity contribution in [3.63, 3.8) is 0 Å². The van der Waals surface area contributed by atoms with Crippen LogP contribution in [0.1, 0.15) is 23.0 Å². The van der Waals surface area contributed by atoms with Gasteiger partial charge in [-0.3, -0.25) is 0 Å². The van der Waals surface area contributed by atoms with Gasteiger partial charge in [0.15, 0.2) is 5.69 Å². The lowest BCUT2D eigenvalue weighted by Gasteiger charge is -2.03. The van der Waals surface area contributed by atoms with E-state index in [2.05, 4.69) is 5.10 Å². The van der Waals surface area contributed by atoms with Gasteiger partial charge in [-0.25, -0.2) is 9.48 Å². The molecule has 2 rings (SSSR count). The molecule has 0 saturated heterocycles. The molecule has 1 aromatic heterocycles. The number of halogens is 1. The van der Waals surface area contributed by atoms with Crippen LogP contribution < -0.4 is 5.73 Å². The number of hydrogen-bond donors (Lipinski definition) is 1. The van der Waals surface area contributed by atoms with Crippen molar-refractivity contribution in [3.8, 4) is 5.69 Å². The fourth-order valence-corrected chi connectivity index (χ4v) is 2.18. The molecule has 0 atom stereocenters. The summed E-state index contributed by atoms with van der Waals surface area (Å²) in [7, 11) is 0. The zero-order valence-electron chi connectivity index (χ0n) is 10.7. The average Bonchev–Trinajstić information content (AvgIpc) is 2.68. The molecule has 100 valence electrons. The van der Waals surface area contributed by atoms with Gasteiger partial charge in [-0.2, -0.15) is 5.10 Å². The second-order valence-electron chi connectivity index (χ2n) is 4.02. The minimum atomic E-state index is -0.454. The quantitative estimate of drug-likeness (QED) is 0.665. The van der Waals surface area contributed by atoms with Crippen molar-refractivity contribution in [2.75, 3.05) is 12.3 Å². The summed E-state index contributed by atoms with van der Waals surface area (Å²) in [6.07, 6.45) is 0. The summed E-state index contributed by atoms with van der Waals surface area (Å²) in [5.74, 6) is -0.0167. The van der Waals surface area contributed by atoms with Crippen molar-refractivity contribution in [1.29, 1.82) is 0 Å². The van der Waals surface area contributed by atoms with Crippen molar-refractivity contribution in [3.05, 3.63) is 39.1 Å². The third-order valence-corrected chi connectivity index (χ3v) is 3.67. The van der Waals surface area contributed by atoms with Crippen molar-refractivity contribution in [2.45, 2.75) is 13.8 Å². The summed E-state index contributed by atoms with van der Waals surface area (Å²) in [4.78, 5) is 11.8. The van der Waals surface area contributed by atoms with Gasteiger partial charge in [0.2, 0.25) is 0 Å². The number of ether oxygens (including phenoxy) is 1. The number of nitrogens with two attached hydrogens (primary N) is 1. The first-order chi connectivity index (χ1) is 9.04. The highest BCUT2D eigenvalue weighted by molar-refractivity contribution is 14.1. The van der Waals surface area contributed by atoms with Crippen LogP contribution in [0.3, 0.4) is 0 Å². The van der Waals surface area contributed by atoms with Crippen molar-refractivity contribution in [2.24, 2.45) is 0 Å². The molecule has 0 spiro atoms. The normalized spacial score (nSPS) is 10.5. The van der Waals surface area contributed by atoms with Gasteiger partial charge in [0.25, 0.3) is 0 Å². The summed E-state index contributed by atoms with van der Waals surface area (Å²) in [5.41, 5.74) is 8.21. The van der Waals surface area contributed by atoms with Gasteiger partial charge in [-0.05, 0) is 48.6 Å². The topological polar surface area (TPSA) is 70.1 Å². The molecule has 2 aromatic rings. The molecule has 0 aliphatic rings. The van der Waals surface area contributed by atoms with Crippen molar-refractivity contribution >= 4 is 34.4 Å². The van der Waals surface area contributed by atoms with Crippen LogP contribution in [0, 0.1) is 10.5 Å². The first kappa shape index (κ1) is 13.9. The maximum Gasteiger partial charge on any atom is 0.360 e.